The summed E-state index contributed by atoms with van der Waals surface area (Å²) in [7, 11) is 0. The van der Waals surface area contributed by atoms with Gasteiger partial charge in [-0.1, -0.05) is 0 Å². The van der Waals surface area contributed by atoms with Crippen LogP contribution < -0.4 is 4.90 Å². The lowest BCUT2D eigenvalue weighted by Crippen LogP contribution is -2.31. The van der Waals surface area contributed by atoms with Gasteiger partial charge < -0.3 is 9.84 Å². The number of amides is 1. The third kappa shape index (κ3) is 3.20. The van der Waals surface area contributed by atoms with E-state index in [0.717, 1.165) is 0 Å². The zero-order valence-electron chi connectivity index (χ0n) is 9.02. The molecule has 0 aliphatic heterocycles. The van der Waals surface area contributed by atoms with Gasteiger partial charge in [0.2, 0.25) is 0 Å². The number of benzene rings is 1. The van der Waals surface area contributed by atoms with Crippen LogP contribution in [-0.2, 0) is 4.74 Å². The molecule has 5 heteroatoms. The van der Waals surface area contributed by atoms with E-state index >= 15 is 0 Å². The molecule has 1 aromatic rings. The number of aliphatic hydroxyl groups is 1. The van der Waals surface area contributed by atoms with E-state index in [9.17, 15) is 9.18 Å². The van der Waals surface area contributed by atoms with Crippen molar-refractivity contribution < 1.29 is 19.0 Å². The molecule has 0 saturated carbocycles. The Bertz CT molecular complexity index is 340. The van der Waals surface area contributed by atoms with Crippen LogP contribution in [0.15, 0.2) is 24.3 Å². The highest BCUT2D eigenvalue weighted by Gasteiger charge is 2.14. The van der Waals surface area contributed by atoms with Crippen molar-refractivity contribution in [1.82, 2.24) is 0 Å². The number of aliphatic hydroxyl groups excluding tert-OH is 1. The van der Waals surface area contributed by atoms with Crippen molar-refractivity contribution in [2.24, 2.45) is 0 Å². The number of carbonyl (C=O) groups is 1. The van der Waals surface area contributed by atoms with Crippen molar-refractivity contribution in [3.05, 3.63) is 30.1 Å². The maximum Gasteiger partial charge on any atom is 0.414 e. The van der Waals surface area contributed by atoms with E-state index in [1.54, 1.807) is 6.92 Å². The molecule has 0 saturated heterocycles. The molecule has 0 aromatic heterocycles. The van der Waals surface area contributed by atoms with E-state index in [0.29, 0.717) is 12.2 Å². The van der Waals surface area contributed by atoms with Gasteiger partial charge in [-0.2, -0.15) is 0 Å². The average molecular weight is 227 g/mol. The Morgan fingerprint density at radius 2 is 2.06 bits per heavy atom. The average Bonchev–Trinajstić information content (AvgIpc) is 2.30. The molecule has 4 nitrogen and oxygen atoms in total. The number of rotatable bonds is 4. The van der Waals surface area contributed by atoms with Gasteiger partial charge in [0, 0.05) is 12.2 Å². The first-order valence-electron chi connectivity index (χ1n) is 4.99. The molecule has 0 fully saturated rings. The summed E-state index contributed by atoms with van der Waals surface area (Å²) in [6, 6.07) is 5.55. The molecule has 1 rings (SSSR count). The van der Waals surface area contributed by atoms with Crippen molar-refractivity contribution >= 4 is 11.8 Å². The van der Waals surface area contributed by atoms with E-state index in [-0.39, 0.29) is 19.0 Å². The van der Waals surface area contributed by atoms with Gasteiger partial charge in [0.05, 0.1) is 6.61 Å². The van der Waals surface area contributed by atoms with Gasteiger partial charge >= 0.3 is 6.09 Å². The SMILES string of the molecule is CCN(C(=O)OCCO)c1ccc(F)cc1. The minimum Gasteiger partial charge on any atom is -0.447 e. The van der Waals surface area contributed by atoms with Crippen molar-refractivity contribution in [3.63, 3.8) is 0 Å². The van der Waals surface area contributed by atoms with E-state index in [4.69, 9.17) is 9.84 Å². The monoisotopic (exact) mass is 227 g/mol. The molecule has 0 spiro atoms. The van der Waals surface area contributed by atoms with Crippen LogP contribution in [0.3, 0.4) is 0 Å². The number of carbonyl (C=O) groups excluding carboxylic acids is 1. The molecule has 16 heavy (non-hydrogen) atoms. The van der Waals surface area contributed by atoms with Crippen LogP contribution in [0.2, 0.25) is 0 Å². The molecule has 0 aliphatic carbocycles. The lowest BCUT2D eigenvalue weighted by atomic mass is 10.3. The summed E-state index contributed by atoms with van der Waals surface area (Å²) < 4.78 is 17.5. The summed E-state index contributed by atoms with van der Waals surface area (Å²) >= 11 is 0. The zero-order chi connectivity index (χ0) is 12.0. The van der Waals surface area contributed by atoms with E-state index in [1.165, 1.54) is 29.2 Å². The Kier molecular flexibility index (Phi) is 4.72. The lowest BCUT2D eigenvalue weighted by Gasteiger charge is -2.20. The summed E-state index contributed by atoms with van der Waals surface area (Å²) in [5, 5.41) is 8.53. The normalized spacial score (nSPS) is 9.94. The second-order valence-corrected chi connectivity index (χ2v) is 3.06. The maximum atomic E-state index is 12.7. The molecule has 88 valence electrons. The number of ether oxygens (including phenoxy) is 1. The highest BCUT2D eigenvalue weighted by Crippen LogP contribution is 2.15. The highest BCUT2D eigenvalue weighted by atomic mass is 19.1. The summed E-state index contributed by atoms with van der Waals surface area (Å²) in [5.74, 6) is -0.358. The van der Waals surface area contributed by atoms with E-state index < -0.39 is 6.09 Å². The number of hydrogen-bond donors (Lipinski definition) is 1. The van der Waals surface area contributed by atoms with Crippen molar-refractivity contribution in [2.45, 2.75) is 6.92 Å². The Labute approximate surface area is 93.3 Å². The summed E-state index contributed by atoms with van der Waals surface area (Å²) in [4.78, 5) is 12.9. The third-order valence-corrected chi connectivity index (χ3v) is 1.99. The Balaban J connectivity index is 2.73. The number of halogens is 1. The van der Waals surface area contributed by atoms with Crippen LogP contribution in [0.5, 0.6) is 0 Å². The van der Waals surface area contributed by atoms with Crippen LogP contribution >= 0.6 is 0 Å². The number of nitrogens with zero attached hydrogens (tertiary/aromatic N) is 1. The fourth-order valence-corrected chi connectivity index (χ4v) is 1.25. The molecule has 0 heterocycles. The van der Waals surface area contributed by atoms with Gasteiger partial charge in [-0.05, 0) is 31.2 Å². The largest absolute Gasteiger partial charge is 0.447 e. The standard InChI is InChI=1S/C11H14FNO3/c1-2-13(11(15)16-8-7-14)10-5-3-9(12)4-6-10/h3-6,14H,2,7-8H2,1H3. The van der Waals surface area contributed by atoms with Crippen LogP contribution in [0.25, 0.3) is 0 Å². The second-order valence-electron chi connectivity index (χ2n) is 3.06. The van der Waals surface area contributed by atoms with Gasteiger partial charge in [-0.25, -0.2) is 9.18 Å². The Hall–Kier alpha value is -1.62. The van der Waals surface area contributed by atoms with Gasteiger partial charge in [0.15, 0.2) is 0 Å². The molecule has 0 radical (unpaired) electrons. The quantitative estimate of drug-likeness (QED) is 0.853. The van der Waals surface area contributed by atoms with Gasteiger partial charge in [0.1, 0.15) is 12.4 Å². The molecule has 1 aromatic carbocycles. The Morgan fingerprint density at radius 1 is 1.44 bits per heavy atom. The van der Waals surface area contributed by atoms with Gasteiger partial charge in [0.25, 0.3) is 0 Å². The fraction of sp³-hybridized carbons (Fsp3) is 0.364. The number of hydrogen-bond acceptors (Lipinski definition) is 3. The molecule has 1 N–H and O–H groups in total. The molecule has 0 aliphatic rings. The predicted octanol–water partition coefficient (Wildman–Crippen LogP) is 1.78. The van der Waals surface area contributed by atoms with E-state index in [2.05, 4.69) is 0 Å². The van der Waals surface area contributed by atoms with Crippen LogP contribution in [-0.4, -0.2) is 31.0 Å². The minimum atomic E-state index is -0.553. The van der Waals surface area contributed by atoms with Crippen molar-refractivity contribution in [2.75, 3.05) is 24.7 Å². The summed E-state index contributed by atoms with van der Waals surface area (Å²) in [5.41, 5.74) is 0.562. The van der Waals surface area contributed by atoms with Crippen molar-refractivity contribution in [1.29, 1.82) is 0 Å². The predicted molar refractivity (Wildman–Crippen MR) is 57.9 cm³/mol. The van der Waals surface area contributed by atoms with E-state index in [1.807, 2.05) is 0 Å². The highest BCUT2D eigenvalue weighted by molar-refractivity contribution is 5.87. The summed E-state index contributed by atoms with van der Waals surface area (Å²) in [6.07, 6.45) is -0.553. The first-order valence-corrected chi connectivity index (χ1v) is 4.99. The maximum absolute atomic E-state index is 12.7. The lowest BCUT2D eigenvalue weighted by molar-refractivity contribution is 0.125. The number of anilines is 1. The molecular weight excluding hydrogens is 213 g/mol. The molecule has 0 atom stereocenters. The fourth-order valence-electron chi connectivity index (χ4n) is 1.25. The van der Waals surface area contributed by atoms with Crippen LogP contribution in [0.4, 0.5) is 14.9 Å². The third-order valence-electron chi connectivity index (χ3n) is 1.99. The molecule has 0 bridgehead atoms. The smallest absolute Gasteiger partial charge is 0.414 e. The molecular formula is C11H14FNO3. The topological polar surface area (TPSA) is 49.8 Å². The second kappa shape index (κ2) is 6.07. The zero-order valence-corrected chi connectivity index (χ0v) is 9.02. The van der Waals surface area contributed by atoms with Crippen LogP contribution in [0, 0.1) is 5.82 Å². The van der Waals surface area contributed by atoms with Gasteiger partial charge in [-0.15, -0.1) is 0 Å². The minimum absolute atomic E-state index is 0.0451. The van der Waals surface area contributed by atoms with Gasteiger partial charge in [-0.3, -0.25) is 4.90 Å². The van der Waals surface area contributed by atoms with Crippen LogP contribution in [0.1, 0.15) is 6.92 Å². The van der Waals surface area contributed by atoms with Crippen molar-refractivity contribution in [3.8, 4) is 0 Å². The Morgan fingerprint density at radius 3 is 2.56 bits per heavy atom. The summed E-state index contributed by atoms with van der Waals surface area (Å²) in [6.45, 7) is 1.93. The first-order chi connectivity index (χ1) is 7.69. The first kappa shape index (κ1) is 12.4. The molecule has 0 unspecified atom stereocenters. The molecule has 1 amide bonds.